The van der Waals surface area contributed by atoms with Crippen LogP contribution < -0.4 is 20.3 Å². The van der Waals surface area contributed by atoms with Gasteiger partial charge in [-0.2, -0.15) is 0 Å². The molecule has 0 aliphatic rings. The highest BCUT2D eigenvalue weighted by molar-refractivity contribution is 7.99. The molecule has 0 saturated heterocycles. The molecule has 2 amide bonds. The fourth-order valence-corrected chi connectivity index (χ4v) is 3.62. The second kappa shape index (κ2) is 10.7. The Hall–Kier alpha value is -2.19. The standard InChI is InChI=1S/C18H22N2O4S2/c1-3-23-14-6-8-15(9-7-14)24-13(2)18(22)20-19-17(21)12-25-11-16-5-4-10-26-16/h4-10,13H,3,11-12H2,1-2H3,(H,19,21)(H,20,22)/t13-/m0/s1. The Morgan fingerprint density at radius 3 is 2.54 bits per heavy atom. The SMILES string of the molecule is CCOc1ccc(O[C@@H](C)C(=O)NNC(=O)CSCc2cccs2)cc1. The third kappa shape index (κ3) is 6.97. The van der Waals surface area contributed by atoms with Gasteiger partial charge in [-0.25, -0.2) is 0 Å². The van der Waals surface area contributed by atoms with Crippen molar-refractivity contribution in [3.8, 4) is 11.5 Å². The van der Waals surface area contributed by atoms with Crippen LogP contribution in [-0.2, 0) is 15.3 Å². The lowest BCUT2D eigenvalue weighted by atomic mass is 10.3. The van der Waals surface area contributed by atoms with Crippen LogP contribution in [0.5, 0.6) is 11.5 Å². The summed E-state index contributed by atoms with van der Waals surface area (Å²) in [5.41, 5.74) is 4.78. The van der Waals surface area contributed by atoms with E-state index in [4.69, 9.17) is 9.47 Å². The number of carbonyl (C=O) groups is 2. The fraction of sp³-hybridized carbons (Fsp3) is 0.333. The number of hydrazine groups is 1. The molecule has 0 spiro atoms. The number of ether oxygens (including phenoxy) is 2. The summed E-state index contributed by atoms with van der Waals surface area (Å²) in [6, 6.07) is 11.0. The van der Waals surface area contributed by atoms with Crippen molar-refractivity contribution in [1.82, 2.24) is 10.9 Å². The summed E-state index contributed by atoms with van der Waals surface area (Å²) < 4.78 is 10.9. The number of benzene rings is 1. The van der Waals surface area contributed by atoms with Gasteiger partial charge in [0.2, 0.25) is 5.91 Å². The molecule has 1 aromatic carbocycles. The zero-order valence-corrected chi connectivity index (χ0v) is 16.3. The molecule has 8 heteroatoms. The highest BCUT2D eigenvalue weighted by Crippen LogP contribution is 2.19. The maximum absolute atomic E-state index is 12.0. The van der Waals surface area contributed by atoms with Gasteiger partial charge in [0.25, 0.3) is 5.91 Å². The molecule has 0 fully saturated rings. The van der Waals surface area contributed by atoms with Gasteiger partial charge in [-0.05, 0) is 49.6 Å². The van der Waals surface area contributed by atoms with E-state index in [-0.39, 0.29) is 11.7 Å². The van der Waals surface area contributed by atoms with Crippen LogP contribution >= 0.6 is 23.1 Å². The highest BCUT2D eigenvalue weighted by atomic mass is 32.2. The first kappa shape index (κ1) is 20.1. The lowest BCUT2D eigenvalue weighted by molar-refractivity contribution is -0.131. The molecule has 0 aliphatic heterocycles. The summed E-state index contributed by atoms with van der Waals surface area (Å²) in [5, 5.41) is 2.00. The summed E-state index contributed by atoms with van der Waals surface area (Å²) >= 11 is 3.15. The van der Waals surface area contributed by atoms with Gasteiger partial charge in [-0.15, -0.1) is 23.1 Å². The summed E-state index contributed by atoms with van der Waals surface area (Å²) in [6.45, 7) is 4.11. The first-order valence-electron chi connectivity index (χ1n) is 8.16. The van der Waals surface area contributed by atoms with Crippen LogP contribution in [0.25, 0.3) is 0 Å². The molecule has 1 aromatic heterocycles. The largest absolute Gasteiger partial charge is 0.494 e. The maximum Gasteiger partial charge on any atom is 0.279 e. The third-order valence-corrected chi connectivity index (χ3v) is 5.24. The Morgan fingerprint density at radius 1 is 1.15 bits per heavy atom. The van der Waals surface area contributed by atoms with Gasteiger partial charge in [0.15, 0.2) is 6.10 Å². The Labute approximate surface area is 161 Å². The number of nitrogens with one attached hydrogen (secondary N) is 2. The minimum absolute atomic E-state index is 0.256. The van der Waals surface area contributed by atoms with E-state index in [0.29, 0.717) is 12.4 Å². The summed E-state index contributed by atoms with van der Waals surface area (Å²) in [5.74, 6) is 1.66. The smallest absolute Gasteiger partial charge is 0.279 e. The number of hydrogen-bond acceptors (Lipinski definition) is 6. The number of rotatable bonds is 9. The van der Waals surface area contributed by atoms with Crippen LogP contribution in [0.2, 0.25) is 0 Å². The molecule has 0 bridgehead atoms. The van der Waals surface area contributed by atoms with Crippen molar-refractivity contribution in [3.63, 3.8) is 0 Å². The average Bonchev–Trinajstić information content (AvgIpc) is 3.15. The van der Waals surface area contributed by atoms with Crippen LogP contribution in [0.15, 0.2) is 41.8 Å². The fourth-order valence-electron chi connectivity index (χ4n) is 1.95. The molecule has 0 saturated carbocycles. The van der Waals surface area contributed by atoms with Gasteiger partial charge in [0.05, 0.1) is 12.4 Å². The monoisotopic (exact) mass is 394 g/mol. The lowest BCUT2D eigenvalue weighted by Crippen LogP contribution is -2.47. The van der Waals surface area contributed by atoms with Crippen molar-refractivity contribution < 1.29 is 19.1 Å². The highest BCUT2D eigenvalue weighted by Gasteiger charge is 2.15. The Bertz CT molecular complexity index is 690. The van der Waals surface area contributed by atoms with E-state index < -0.39 is 12.0 Å². The van der Waals surface area contributed by atoms with Gasteiger partial charge in [-0.3, -0.25) is 20.4 Å². The first-order chi connectivity index (χ1) is 12.6. The Balaban J connectivity index is 1.66. The summed E-state index contributed by atoms with van der Waals surface area (Å²) in [7, 11) is 0. The number of amides is 2. The van der Waals surface area contributed by atoms with E-state index in [9.17, 15) is 9.59 Å². The topological polar surface area (TPSA) is 76.7 Å². The van der Waals surface area contributed by atoms with Crippen LogP contribution in [0.1, 0.15) is 18.7 Å². The molecule has 6 nitrogen and oxygen atoms in total. The van der Waals surface area contributed by atoms with Gasteiger partial charge in [-0.1, -0.05) is 6.07 Å². The summed E-state index contributed by atoms with van der Waals surface area (Å²) in [6.07, 6.45) is -0.744. The number of thioether (sulfide) groups is 1. The molecule has 2 aromatic rings. The number of carbonyl (C=O) groups excluding carboxylic acids is 2. The van der Waals surface area contributed by atoms with E-state index in [0.717, 1.165) is 11.5 Å². The molecular weight excluding hydrogens is 372 g/mol. The van der Waals surface area contributed by atoms with Crippen molar-refractivity contribution in [2.75, 3.05) is 12.4 Å². The maximum atomic E-state index is 12.0. The average molecular weight is 395 g/mol. The van der Waals surface area contributed by atoms with E-state index in [2.05, 4.69) is 10.9 Å². The van der Waals surface area contributed by atoms with Crippen molar-refractivity contribution in [2.24, 2.45) is 0 Å². The van der Waals surface area contributed by atoms with Crippen LogP contribution in [0, 0.1) is 0 Å². The van der Waals surface area contributed by atoms with Crippen LogP contribution in [-0.4, -0.2) is 30.3 Å². The molecule has 2 N–H and O–H groups in total. The normalized spacial score (nSPS) is 11.5. The minimum Gasteiger partial charge on any atom is -0.494 e. The van der Waals surface area contributed by atoms with E-state index in [1.54, 1.807) is 42.5 Å². The molecule has 0 aliphatic carbocycles. The lowest BCUT2D eigenvalue weighted by Gasteiger charge is -2.15. The molecule has 0 unspecified atom stereocenters. The molecular formula is C18H22N2O4S2. The molecule has 1 atom stereocenters. The van der Waals surface area contributed by atoms with Crippen LogP contribution in [0.3, 0.4) is 0 Å². The zero-order chi connectivity index (χ0) is 18.8. The van der Waals surface area contributed by atoms with Gasteiger partial charge >= 0.3 is 0 Å². The van der Waals surface area contributed by atoms with Crippen molar-refractivity contribution >= 4 is 34.9 Å². The molecule has 2 rings (SSSR count). The van der Waals surface area contributed by atoms with E-state index in [1.165, 1.54) is 16.6 Å². The van der Waals surface area contributed by atoms with E-state index in [1.807, 2.05) is 24.4 Å². The van der Waals surface area contributed by atoms with E-state index >= 15 is 0 Å². The third-order valence-electron chi connectivity index (χ3n) is 3.20. The molecule has 26 heavy (non-hydrogen) atoms. The zero-order valence-electron chi connectivity index (χ0n) is 14.7. The van der Waals surface area contributed by atoms with Gasteiger partial charge < -0.3 is 9.47 Å². The predicted molar refractivity (Wildman–Crippen MR) is 104 cm³/mol. The molecule has 1 heterocycles. The first-order valence-corrected chi connectivity index (χ1v) is 10.2. The number of hydrogen-bond donors (Lipinski definition) is 2. The van der Waals surface area contributed by atoms with Gasteiger partial charge in [0, 0.05) is 10.6 Å². The second-order valence-corrected chi connectivity index (χ2v) is 7.29. The predicted octanol–water partition coefficient (Wildman–Crippen LogP) is 2.99. The Kier molecular flexibility index (Phi) is 8.30. The minimum atomic E-state index is -0.744. The molecule has 0 radical (unpaired) electrons. The number of thiophene rings is 1. The second-order valence-electron chi connectivity index (χ2n) is 5.27. The van der Waals surface area contributed by atoms with Crippen molar-refractivity contribution in [2.45, 2.75) is 25.7 Å². The Morgan fingerprint density at radius 2 is 1.88 bits per heavy atom. The van der Waals surface area contributed by atoms with Crippen LogP contribution in [0.4, 0.5) is 0 Å². The van der Waals surface area contributed by atoms with Crippen molar-refractivity contribution in [1.29, 1.82) is 0 Å². The van der Waals surface area contributed by atoms with Crippen molar-refractivity contribution in [3.05, 3.63) is 46.7 Å². The van der Waals surface area contributed by atoms with Gasteiger partial charge in [0.1, 0.15) is 11.5 Å². The summed E-state index contributed by atoms with van der Waals surface area (Å²) in [4.78, 5) is 25.0. The quantitative estimate of drug-likeness (QED) is 0.640. The molecule has 140 valence electrons.